The fourth-order valence-electron chi connectivity index (χ4n) is 4.02. The second-order valence-electron chi connectivity index (χ2n) is 7.57. The Morgan fingerprint density at radius 2 is 2.03 bits per heavy atom. The highest BCUT2D eigenvalue weighted by Crippen LogP contribution is 2.36. The lowest BCUT2D eigenvalue weighted by Crippen LogP contribution is -2.28. The Hall–Kier alpha value is -3.48. The fraction of sp³-hybridized carbons (Fsp3) is 0.261. The van der Waals surface area contributed by atoms with Gasteiger partial charge in [0.2, 0.25) is 0 Å². The summed E-state index contributed by atoms with van der Waals surface area (Å²) >= 11 is 0. The summed E-state index contributed by atoms with van der Waals surface area (Å²) in [4.78, 5) is 23.8. The van der Waals surface area contributed by atoms with E-state index in [1.165, 1.54) is 19.2 Å². The number of ether oxygens (including phenoxy) is 1. The van der Waals surface area contributed by atoms with E-state index in [2.05, 4.69) is 11.8 Å². The number of anilines is 1. The number of hydrogen-bond donors (Lipinski definition) is 0. The third-order valence-electron chi connectivity index (χ3n) is 5.61. The molecule has 1 unspecified atom stereocenters. The van der Waals surface area contributed by atoms with Crippen LogP contribution >= 0.6 is 0 Å². The number of nitrogens with zero attached hydrogens (tertiary/aromatic N) is 3. The fourth-order valence-corrected chi connectivity index (χ4v) is 4.02. The summed E-state index contributed by atoms with van der Waals surface area (Å²) in [6.45, 7) is 3.02. The van der Waals surface area contributed by atoms with Crippen LogP contribution < -0.4 is 4.90 Å². The topological polar surface area (TPSA) is 68.5 Å². The number of fused-ring (bicyclic) bond motifs is 2. The first kappa shape index (κ1) is 18.5. The molecule has 6 nitrogen and oxygen atoms in total. The molecule has 1 aliphatic heterocycles. The normalized spacial score (nSPS) is 16.5. The van der Waals surface area contributed by atoms with Gasteiger partial charge in [-0.1, -0.05) is 0 Å². The zero-order valence-corrected chi connectivity index (χ0v) is 16.7. The van der Waals surface area contributed by atoms with Gasteiger partial charge in [0.1, 0.15) is 17.1 Å². The molecule has 1 fully saturated rings. The number of benzene rings is 2. The van der Waals surface area contributed by atoms with Crippen molar-refractivity contribution in [1.82, 2.24) is 9.97 Å². The second-order valence-corrected chi connectivity index (χ2v) is 7.57. The Bertz CT molecular complexity index is 1280. The summed E-state index contributed by atoms with van der Waals surface area (Å²) in [6, 6.07) is 11.7. The molecular weight excluding hydrogens is 385 g/mol. The zero-order chi connectivity index (χ0) is 20.8. The standard InChI is InChI=1S/C23H20FN3O3/c1-13-4-3-9-27(13)22-21(20-11-14-5-7-16(24)12-19(14)30-20)25-17-8-6-15(23(28)29-2)10-18(17)26-22/h5-8,10-13H,3-4,9H2,1-2H3. The highest BCUT2D eigenvalue weighted by molar-refractivity contribution is 5.94. The first-order valence-corrected chi connectivity index (χ1v) is 9.90. The predicted octanol–water partition coefficient (Wildman–Crippen LogP) is 4.96. The Morgan fingerprint density at radius 1 is 1.17 bits per heavy atom. The van der Waals surface area contributed by atoms with Gasteiger partial charge >= 0.3 is 5.97 Å². The molecule has 0 spiro atoms. The molecule has 0 radical (unpaired) electrons. The third kappa shape index (κ3) is 3.07. The van der Waals surface area contributed by atoms with Crippen LogP contribution in [0.3, 0.4) is 0 Å². The number of rotatable bonds is 3. The Kier molecular flexibility index (Phi) is 4.38. The van der Waals surface area contributed by atoms with Crippen LogP contribution in [-0.2, 0) is 4.74 Å². The van der Waals surface area contributed by atoms with Crippen LogP contribution in [0, 0.1) is 5.82 Å². The SMILES string of the molecule is COC(=O)c1ccc2nc(-c3cc4ccc(F)cc4o3)c(N3CCCC3C)nc2c1. The number of carbonyl (C=O) groups is 1. The summed E-state index contributed by atoms with van der Waals surface area (Å²) in [5.74, 6) is 0.472. The Morgan fingerprint density at radius 3 is 2.80 bits per heavy atom. The average molecular weight is 405 g/mol. The van der Waals surface area contributed by atoms with Gasteiger partial charge < -0.3 is 14.1 Å². The monoisotopic (exact) mass is 405 g/mol. The summed E-state index contributed by atoms with van der Waals surface area (Å²) in [6.07, 6.45) is 2.13. The molecule has 4 aromatic rings. The molecule has 2 aromatic heterocycles. The number of furan rings is 1. The molecule has 1 saturated heterocycles. The largest absolute Gasteiger partial charge is 0.465 e. The lowest BCUT2D eigenvalue weighted by Gasteiger charge is -2.24. The first-order chi connectivity index (χ1) is 14.5. The minimum absolute atomic E-state index is 0.307. The maximum atomic E-state index is 13.6. The van der Waals surface area contributed by atoms with E-state index in [1.807, 2.05) is 6.07 Å². The average Bonchev–Trinajstić information content (AvgIpc) is 3.37. The molecule has 0 amide bonds. The van der Waals surface area contributed by atoms with Crippen LogP contribution in [-0.4, -0.2) is 35.6 Å². The van der Waals surface area contributed by atoms with Crippen molar-refractivity contribution in [3.05, 3.63) is 53.8 Å². The molecule has 2 aromatic carbocycles. The van der Waals surface area contributed by atoms with Gasteiger partial charge in [-0.3, -0.25) is 0 Å². The number of carbonyl (C=O) groups excluding carboxylic acids is 1. The molecule has 1 aliphatic rings. The predicted molar refractivity (Wildman–Crippen MR) is 112 cm³/mol. The van der Waals surface area contributed by atoms with Crippen LogP contribution in [0.2, 0.25) is 0 Å². The van der Waals surface area contributed by atoms with Gasteiger partial charge in [0, 0.05) is 24.0 Å². The number of hydrogen-bond acceptors (Lipinski definition) is 6. The van der Waals surface area contributed by atoms with Crippen LogP contribution in [0.5, 0.6) is 0 Å². The summed E-state index contributed by atoms with van der Waals surface area (Å²) in [5, 5.41) is 0.801. The van der Waals surface area contributed by atoms with Crippen molar-refractivity contribution in [2.75, 3.05) is 18.6 Å². The van der Waals surface area contributed by atoms with Gasteiger partial charge in [-0.25, -0.2) is 19.2 Å². The molecule has 7 heteroatoms. The molecule has 0 saturated carbocycles. The molecule has 152 valence electrons. The van der Waals surface area contributed by atoms with E-state index in [0.717, 1.165) is 24.8 Å². The molecule has 0 bridgehead atoms. The molecule has 5 rings (SSSR count). The van der Waals surface area contributed by atoms with Crippen molar-refractivity contribution < 1.29 is 18.3 Å². The summed E-state index contributed by atoms with van der Waals surface area (Å²) < 4.78 is 24.4. The van der Waals surface area contributed by atoms with E-state index >= 15 is 0 Å². The Labute approximate surface area is 172 Å². The van der Waals surface area contributed by atoms with E-state index in [4.69, 9.17) is 19.1 Å². The van der Waals surface area contributed by atoms with Gasteiger partial charge in [0.15, 0.2) is 11.6 Å². The van der Waals surface area contributed by atoms with Crippen LogP contribution in [0.4, 0.5) is 10.2 Å². The van der Waals surface area contributed by atoms with E-state index in [0.29, 0.717) is 45.5 Å². The van der Waals surface area contributed by atoms with Crippen LogP contribution in [0.1, 0.15) is 30.1 Å². The maximum Gasteiger partial charge on any atom is 0.337 e. The molecular formula is C23H20FN3O3. The van der Waals surface area contributed by atoms with Gasteiger partial charge in [-0.05, 0) is 56.2 Å². The molecule has 0 aliphatic carbocycles. The smallest absolute Gasteiger partial charge is 0.337 e. The van der Waals surface area contributed by atoms with E-state index in [1.54, 1.807) is 24.3 Å². The molecule has 3 heterocycles. The minimum atomic E-state index is -0.418. The number of methoxy groups -OCH3 is 1. The number of aromatic nitrogens is 2. The highest BCUT2D eigenvalue weighted by Gasteiger charge is 2.27. The van der Waals surface area contributed by atoms with Crippen molar-refractivity contribution in [2.45, 2.75) is 25.8 Å². The van der Waals surface area contributed by atoms with Crippen molar-refractivity contribution in [3.63, 3.8) is 0 Å². The van der Waals surface area contributed by atoms with Crippen LogP contribution in [0.25, 0.3) is 33.5 Å². The minimum Gasteiger partial charge on any atom is -0.465 e. The number of esters is 1. The summed E-state index contributed by atoms with van der Waals surface area (Å²) in [7, 11) is 1.35. The number of halogens is 1. The lowest BCUT2D eigenvalue weighted by molar-refractivity contribution is 0.0601. The summed E-state index contributed by atoms with van der Waals surface area (Å²) in [5.41, 5.74) is 2.75. The van der Waals surface area contributed by atoms with Gasteiger partial charge in [0.05, 0.1) is 23.7 Å². The second kappa shape index (κ2) is 7.09. The molecule has 0 N–H and O–H groups in total. The van der Waals surface area contributed by atoms with E-state index in [9.17, 15) is 9.18 Å². The van der Waals surface area contributed by atoms with Crippen molar-refractivity contribution in [1.29, 1.82) is 0 Å². The van der Waals surface area contributed by atoms with Crippen molar-refractivity contribution >= 4 is 33.8 Å². The highest BCUT2D eigenvalue weighted by atomic mass is 19.1. The van der Waals surface area contributed by atoms with Crippen LogP contribution in [0.15, 0.2) is 46.9 Å². The van der Waals surface area contributed by atoms with Gasteiger partial charge in [0.25, 0.3) is 0 Å². The van der Waals surface area contributed by atoms with Gasteiger partial charge in [-0.2, -0.15) is 0 Å². The first-order valence-electron chi connectivity index (χ1n) is 9.90. The lowest BCUT2D eigenvalue weighted by atomic mass is 10.1. The molecule has 30 heavy (non-hydrogen) atoms. The molecule has 1 atom stereocenters. The zero-order valence-electron chi connectivity index (χ0n) is 16.7. The maximum absolute atomic E-state index is 13.6. The quantitative estimate of drug-likeness (QED) is 0.449. The van der Waals surface area contributed by atoms with Crippen molar-refractivity contribution in [2.24, 2.45) is 0 Å². The van der Waals surface area contributed by atoms with Crippen molar-refractivity contribution in [3.8, 4) is 11.5 Å². The Balaban J connectivity index is 1.72. The van der Waals surface area contributed by atoms with E-state index < -0.39 is 5.97 Å². The third-order valence-corrected chi connectivity index (χ3v) is 5.61. The van der Waals surface area contributed by atoms with E-state index in [-0.39, 0.29) is 5.82 Å². The van der Waals surface area contributed by atoms with Gasteiger partial charge in [-0.15, -0.1) is 0 Å².